The van der Waals surface area contributed by atoms with E-state index in [1.807, 2.05) is 41.7 Å². The summed E-state index contributed by atoms with van der Waals surface area (Å²) in [5, 5.41) is 4.95. The largest absolute Gasteiger partial charge is 0.435 e. The zero-order valence-electron chi connectivity index (χ0n) is 21.9. The molecule has 8 aromatic rings. The summed E-state index contributed by atoms with van der Waals surface area (Å²) in [6.07, 6.45) is 0. The van der Waals surface area contributed by atoms with Gasteiger partial charge in [0.2, 0.25) is 5.89 Å². The molecule has 192 valence electrons. The average Bonchev–Trinajstić information content (AvgIpc) is 3.72. The number of hydrogen-bond donors (Lipinski definition) is 0. The van der Waals surface area contributed by atoms with Crippen LogP contribution in [0.25, 0.3) is 65.0 Å². The fraction of sp³-hybridized carbons (Fsp3) is 0. The van der Waals surface area contributed by atoms with Crippen LogP contribution in [0.2, 0.25) is 0 Å². The number of aromatic nitrogens is 1. The number of rotatable bonds is 4. The fourth-order valence-corrected chi connectivity index (χ4v) is 7.46. The molecule has 1 aliphatic rings. The lowest BCUT2D eigenvalue weighted by atomic mass is 10.0. The first-order valence-electron chi connectivity index (χ1n) is 13.7. The first kappa shape index (κ1) is 22.6. The molecule has 0 atom stereocenters. The second-order valence-electron chi connectivity index (χ2n) is 10.3. The van der Waals surface area contributed by atoms with Gasteiger partial charge in [-0.25, -0.2) is 4.98 Å². The maximum Gasteiger partial charge on any atom is 0.227 e. The highest BCUT2D eigenvalue weighted by Crippen LogP contribution is 2.53. The van der Waals surface area contributed by atoms with Gasteiger partial charge in [0.25, 0.3) is 0 Å². The molecule has 0 fully saturated rings. The lowest BCUT2D eigenvalue weighted by molar-refractivity contribution is 0.590. The molecule has 3 nitrogen and oxygen atoms in total. The third kappa shape index (κ3) is 3.28. The van der Waals surface area contributed by atoms with Crippen molar-refractivity contribution in [1.82, 2.24) is 4.98 Å². The lowest BCUT2D eigenvalue weighted by Gasteiger charge is -2.27. The fourth-order valence-electron chi connectivity index (χ4n) is 6.26. The summed E-state index contributed by atoms with van der Waals surface area (Å²) in [7, 11) is 0. The van der Waals surface area contributed by atoms with Crippen molar-refractivity contribution in [2.75, 3.05) is 4.90 Å². The predicted molar refractivity (Wildman–Crippen MR) is 171 cm³/mol. The van der Waals surface area contributed by atoms with Crippen LogP contribution in [-0.4, -0.2) is 4.98 Å². The Kier molecular flexibility index (Phi) is 4.77. The molecule has 1 aliphatic carbocycles. The number of thiophene rings is 1. The molecule has 0 bridgehead atoms. The summed E-state index contributed by atoms with van der Waals surface area (Å²) in [5.41, 5.74) is 7.55. The summed E-state index contributed by atoms with van der Waals surface area (Å²) in [5.74, 6) is 1.50. The number of hydrogen-bond acceptors (Lipinski definition) is 4. The zero-order valence-corrected chi connectivity index (χ0v) is 22.7. The zero-order chi connectivity index (χ0) is 26.9. The van der Waals surface area contributed by atoms with E-state index < -0.39 is 0 Å². The lowest BCUT2D eigenvalue weighted by Crippen LogP contribution is -2.10. The SMILES string of the molecule is c1ccc(-c2nc3c(o2)-c2ccc(N(c4ccccc4)c4cccc5c4sc4ccccc45)c4cccc-3c24)cc1. The monoisotopic (exact) mass is 542 g/mol. The Morgan fingerprint density at radius 3 is 2.17 bits per heavy atom. The number of nitrogens with zero attached hydrogens (tertiary/aromatic N) is 2. The molecule has 2 aromatic heterocycles. The standard InChI is InChI=1S/C37H22N2OS/c1-3-11-23(12-4-1)37-38-34-28-18-9-17-27-30(22-21-29(33(27)28)35(34)40-37)39(24-13-5-2-6-14-24)31-19-10-16-26-25-15-7-8-20-32(25)41-36(26)31/h1-22H. The minimum Gasteiger partial charge on any atom is -0.435 e. The van der Waals surface area contributed by atoms with Crippen LogP contribution >= 0.6 is 11.3 Å². The summed E-state index contributed by atoms with van der Waals surface area (Å²) in [4.78, 5) is 7.38. The molecule has 0 N–H and O–H groups in total. The second kappa shape index (κ2) is 8.65. The minimum atomic E-state index is 0.657. The van der Waals surface area contributed by atoms with Gasteiger partial charge in [0.05, 0.1) is 16.1 Å². The van der Waals surface area contributed by atoms with E-state index in [1.165, 1.54) is 36.6 Å². The summed E-state index contributed by atoms with van der Waals surface area (Å²) < 4.78 is 9.00. The molecular weight excluding hydrogens is 520 g/mol. The maximum atomic E-state index is 6.42. The molecule has 0 unspecified atom stereocenters. The van der Waals surface area contributed by atoms with Crippen LogP contribution in [0.15, 0.2) is 138 Å². The van der Waals surface area contributed by atoms with Gasteiger partial charge in [-0.1, -0.05) is 84.9 Å². The molecule has 6 aromatic carbocycles. The number of oxazole rings is 1. The molecule has 0 amide bonds. The van der Waals surface area contributed by atoms with Crippen LogP contribution in [0.3, 0.4) is 0 Å². The molecule has 0 spiro atoms. The molecule has 0 saturated carbocycles. The van der Waals surface area contributed by atoms with Crippen molar-refractivity contribution in [1.29, 1.82) is 0 Å². The Morgan fingerprint density at radius 1 is 0.561 bits per heavy atom. The van der Waals surface area contributed by atoms with E-state index in [9.17, 15) is 0 Å². The number of para-hydroxylation sites is 1. The quantitative estimate of drug-likeness (QED) is 0.221. The molecule has 9 rings (SSSR count). The Morgan fingerprint density at radius 2 is 1.29 bits per heavy atom. The maximum absolute atomic E-state index is 6.42. The predicted octanol–water partition coefficient (Wildman–Crippen LogP) is 11.0. The first-order chi connectivity index (χ1) is 20.3. The number of anilines is 3. The van der Waals surface area contributed by atoms with Gasteiger partial charge in [0.1, 0.15) is 5.69 Å². The highest BCUT2D eigenvalue weighted by Gasteiger charge is 2.30. The average molecular weight is 543 g/mol. The van der Waals surface area contributed by atoms with Gasteiger partial charge in [-0.3, -0.25) is 0 Å². The van der Waals surface area contributed by atoms with E-state index >= 15 is 0 Å². The molecule has 41 heavy (non-hydrogen) atoms. The van der Waals surface area contributed by atoms with Gasteiger partial charge >= 0.3 is 0 Å². The third-order valence-corrected chi connectivity index (χ3v) is 9.25. The van der Waals surface area contributed by atoms with Gasteiger partial charge in [-0.2, -0.15) is 0 Å². The van der Waals surface area contributed by atoms with Crippen molar-refractivity contribution in [2.45, 2.75) is 0 Å². The second-order valence-corrected chi connectivity index (χ2v) is 11.4. The van der Waals surface area contributed by atoms with Crippen LogP contribution in [0.4, 0.5) is 17.1 Å². The van der Waals surface area contributed by atoms with E-state index in [1.54, 1.807) is 0 Å². The highest BCUT2D eigenvalue weighted by molar-refractivity contribution is 7.26. The minimum absolute atomic E-state index is 0.657. The molecule has 0 radical (unpaired) electrons. The molecule has 2 heterocycles. The van der Waals surface area contributed by atoms with Crippen LogP contribution in [0.5, 0.6) is 0 Å². The third-order valence-electron chi connectivity index (χ3n) is 8.04. The van der Waals surface area contributed by atoms with Crippen molar-refractivity contribution in [3.05, 3.63) is 133 Å². The van der Waals surface area contributed by atoms with E-state index in [0.29, 0.717) is 5.89 Å². The van der Waals surface area contributed by atoms with Crippen molar-refractivity contribution in [2.24, 2.45) is 0 Å². The molecule has 0 aliphatic heterocycles. The summed E-state index contributed by atoms with van der Waals surface area (Å²) in [6, 6.07) is 47.1. The van der Waals surface area contributed by atoms with Crippen molar-refractivity contribution >= 4 is 59.3 Å². The summed E-state index contributed by atoms with van der Waals surface area (Å²) in [6.45, 7) is 0. The summed E-state index contributed by atoms with van der Waals surface area (Å²) >= 11 is 1.85. The normalized spacial score (nSPS) is 11.9. The van der Waals surface area contributed by atoms with Gasteiger partial charge in [0.15, 0.2) is 5.76 Å². The van der Waals surface area contributed by atoms with E-state index in [4.69, 9.17) is 9.40 Å². The Hall–Kier alpha value is -5.19. The van der Waals surface area contributed by atoms with Gasteiger partial charge in [0, 0.05) is 48.6 Å². The smallest absolute Gasteiger partial charge is 0.227 e. The molecular formula is C37H22N2OS. The van der Waals surface area contributed by atoms with Crippen molar-refractivity contribution in [3.63, 3.8) is 0 Å². The Balaban J connectivity index is 1.29. The number of benzene rings is 6. The van der Waals surface area contributed by atoms with E-state index in [-0.39, 0.29) is 0 Å². The van der Waals surface area contributed by atoms with E-state index in [2.05, 4.69) is 108 Å². The van der Waals surface area contributed by atoms with Gasteiger partial charge in [-0.15, -0.1) is 11.3 Å². The molecule has 0 saturated heterocycles. The number of fused-ring (bicyclic) bond motifs is 6. The van der Waals surface area contributed by atoms with Crippen molar-refractivity contribution < 1.29 is 4.42 Å². The van der Waals surface area contributed by atoms with E-state index in [0.717, 1.165) is 39.5 Å². The van der Waals surface area contributed by atoms with Gasteiger partial charge < -0.3 is 9.32 Å². The Bertz CT molecular complexity index is 2240. The molecule has 4 heteroatoms. The van der Waals surface area contributed by atoms with Crippen LogP contribution in [0, 0.1) is 0 Å². The van der Waals surface area contributed by atoms with Crippen LogP contribution in [-0.2, 0) is 0 Å². The van der Waals surface area contributed by atoms with Crippen molar-refractivity contribution in [3.8, 4) is 34.0 Å². The highest BCUT2D eigenvalue weighted by atomic mass is 32.1. The topological polar surface area (TPSA) is 29.3 Å². The van der Waals surface area contributed by atoms with Crippen LogP contribution < -0.4 is 4.90 Å². The first-order valence-corrected chi connectivity index (χ1v) is 14.5. The van der Waals surface area contributed by atoms with Gasteiger partial charge in [-0.05, 0) is 48.5 Å². The van der Waals surface area contributed by atoms with Crippen LogP contribution in [0.1, 0.15) is 0 Å². The Labute approximate surface area is 240 Å².